The maximum Gasteiger partial charge on any atom is 0.110 e. The first-order valence-corrected chi connectivity index (χ1v) is 5.90. The summed E-state index contributed by atoms with van der Waals surface area (Å²) < 4.78 is 5.23. The topological polar surface area (TPSA) is 45.0 Å². The molecule has 0 aliphatic heterocycles. The largest absolute Gasteiger partial charge is 0.380 e. The summed E-state index contributed by atoms with van der Waals surface area (Å²) in [5.74, 6) is 0. The second-order valence-corrected chi connectivity index (χ2v) is 4.30. The number of thiophene rings is 1. The highest BCUT2D eigenvalue weighted by atomic mass is 32.1. The average molecular weight is 224 g/mol. The lowest BCUT2D eigenvalue weighted by atomic mass is 10.3. The molecular weight excluding hydrogens is 208 g/mol. The third-order valence-corrected chi connectivity index (χ3v) is 3.24. The van der Waals surface area contributed by atoms with E-state index in [2.05, 4.69) is 18.3 Å². The number of nitrogens with one attached hydrogen (secondary N) is 1. The van der Waals surface area contributed by atoms with E-state index in [1.807, 2.05) is 19.1 Å². The highest BCUT2D eigenvalue weighted by Gasteiger charge is 2.07. The standard InChI is InChI=1S/C11H16N2OS/c1-3-14-7-6-13-9(2)11-5-4-10(8-12)15-11/h4-5,9,13H,3,6-7H2,1-2H3. The molecule has 0 aliphatic rings. The molecule has 0 saturated carbocycles. The molecule has 0 saturated heterocycles. The van der Waals surface area contributed by atoms with Gasteiger partial charge in [-0.3, -0.25) is 0 Å². The zero-order chi connectivity index (χ0) is 11.1. The first-order chi connectivity index (χ1) is 7.27. The van der Waals surface area contributed by atoms with Crippen molar-refractivity contribution in [1.29, 1.82) is 5.26 Å². The monoisotopic (exact) mass is 224 g/mol. The molecule has 1 aromatic heterocycles. The lowest BCUT2D eigenvalue weighted by Gasteiger charge is -2.11. The second-order valence-electron chi connectivity index (χ2n) is 3.19. The molecule has 1 unspecified atom stereocenters. The van der Waals surface area contributed by atoms with Gasteiger partial charge in [0.25, 0.3) is 0 Å². The van der Waals surface area contributed by atoms with E-state index < -0.39 is 0 Å². The molecule has 0 aliphatic carbocycles. The fraction of sp³-hybridized carbons (Fsp3) is 0.545. The van der Waals surface area contributed by atoms with Crippen molar-refractivity contribution >= 4 is 11.3 Å². The molecule has 0 radical (unpaired) electrons. The maximum atomic E-state index is 8.70. The average Bonchev–Trinajstić information content (AvgIpc) is 2.72. The lowest BCUT2D eigenvalue weighted by molar-refractivity contribution is 0.147. The Labute approximate surface area is 94.7 Å². The van der Waals surface area contributed by atoms with Crippen molar-refractivity contribution in [2.45, 2.75) is 19.9 Å². The van der Waals surface area contributed by atoms with Gasteiger partial charge < -0.3 is 10.1 Å². The van der Waals surface area contributed by atoms with E-state index >= 15 is 0 Å². The molecule has 1 atom stereocenters. The number of nitrogens with zero attached hydrogens (tertiary/aromatic N) is 1. The molecule has 0 aromatic carbocycles. The van der Waals surface area contributed by atoms with Crippen molar-refractivity contribution in [3.05, 3.63) is 21.9 Å². The van der Waals surface area contributed by atoms with Gasteiger partial charge in [0.05, 0.1) is 6.61 Å². The normalized spacial score (nSPS) is 12.3. The van der Waals surface area contributed by atoms with E-state index in [1.165, 1.54) is 4.88 Å². The second kappa shape index (κ2) is 6.57. The Balaban J connectivity index is 2.33. The molecule has 1 N–H and O–H groups in total. The molecular formula is C11H16N2OS. The Bertz CT molecular complexity index is 330. The first-order valence-electron chi connectivity index (χ1n) is 5.09. The van der Waals surface area contributed by atoms with Crippen LogP contribution in [0.25, 0.3) is 0 Å². The summed E-state index contributed by atoms with van der Waals surface area (Å²) in [6.45, 7) is 6.42. The zero-order valence-corrected chi connectivity index (χ0v) is 9.93. The van der Waals surface area contributed by atoms with Crippen LogP contribution >= 0.6 is 11.3 Å². The Kier molecular flexibility index (Phi) is 5.33. The summed E-state index contributed by atoms with van der Waals surface area (Å²) in [4.78, 5) is 1.96. The van der Waals surface area contributed by atoms with Crippen molar-refractivity contribution in [3.8, 4) is 6.07 Å². The van der Waals surface area contributed by atoms with Gasteiger partial charge in [0.15, 0.2) is 0 Å². The van der Waals surface area contributed by atoms with Crippen molar-refractivity contribution in [2.75, 3.05) is 19.8 Å². The zero-order valence-electron chi connectivity index (χ0n) is 9.12. The summed E-state index contributed by atoms with van der Waals surface area (Å²) in [5.41, 5.74) is 0. The van der Waals surface area contributed by atoms with E-state index in [0.29, 0.717) is 0 Å². The first kappa shape index (κ1) is 12.2. The minimum atomic E-state index is 0.289. The Morgan fingerprint density at radius 2 is 2.40 bits per heavy atom. The highest BCUT2D eigenvalue weighted by Crippen LogP contribution is 2.22. The van der Waals surface area contributed by atoms with E-state index in [0.717, 1.165) is 24.6 Å². The molecule has 82 valence electrons. The van der Waals surface area contributed by atoms with Gasteiger partial charge in [-0.15, -0.1) is 11.3 Å². The quantitative estimate of drug-likeness (QED) is 0.754. The predicted octanol–water partition coefficient (Wildman–Crippen LogP) is 2.31. The van der Waals surface area contributed by atoms with Gasteiger partial charge in [0, 0.05) is 24.1 Å². The van der Waals surface area contributed by atoms with Gasteiger partial charge in [-0.2, -0.15) is 5.26 Å². The lowest BCUT2D eigenvalue weighted by Crippen LogP contribution is -2.22. The minimum Gasteiger partial charge on any atom is -0.380 e. The summed E-state index contributed by atoms with van der Waals surface area (Å²) in [7, 11) is 0. The van der Waals surface area contributed by atoms with Gasteiger partial charge in [-0.1, -0.05) is 0 Å². The number of nitriles is 1. The van der Waals surface area contributed by atoms with Crippen LogP contribution < -0.4 is 5.32 Å². The van der Waals surface area contributed by atoms with Crippen LogP contribution in [0, 0.1) is 11.3 Å². The molecule has 0 spiro atoms. The molecule has 15 heavy (non-hydrogen) atoms. The van der Waals surface area contributed by atoms with Gasteiger partial charge >= 0.3 is 0 Å². The molecule has 1 aromatic rings. The van der Waals surface area contributed by atoms with Crippen LogP contribution in [-0.4, -0.2) is 19.8 Å². The maximum absolute atomic E-state index is 8.70. The number of hydrogen-bond acceptors (Lipinski definition) is 4. The molecule has 0 amide bonds. The van der Waals surface area contributed by atoms with Gasteiger partial charge in [0.2, 0.25) is 0 Å². The van der Waals surface area contributed by atoms with Crippen LogP contribution in [0.15, 0.2) is 12.1 Å². The Morgan fingerprint density at radius 3 is 3.00 bits per heavy atom. The van der Waals surface area contributed by atoms with Crippen LogP contribution in [0.2, 0.25) is 0 Å². The van der Waals surface area contributed by atoms with Crippen molar-refractivity contribution in [3.63, 3.8) is 0 Å². The molecule has 1 rings (SSSR count). The fourth-order valence-electron chi connectivity index (χ4n) is 1.24. The van der Waals surface area contributed by atoms with Crippen LogP contribution in [0.4, 0.5) is 0 Å². The van der Waals surface area contributed by atoms with E-state index in [-0.39, 0.29) is 6.04 Å². The molecule has 1 heterocycles. The predicted molar refractivity (Wildman–Crippen MR) is 61.9 cm³/mol. The van der Waals surface area contributed by atoms with Crippen LogP contribution in [0.5, 0.6) is 0 Å². The molecule has 0 bridgehead atoms. The summed E-state index contributed by atoms with van der Waals surface area (Å²) in [5, 5.41) is 12.0. The highest BCUT2D eigenvalue weighted by molar-refractivity contribution is 7.12. The molecule has 4 heteroatoms. The van der Waals surface area contributed by atoms with Crippen molar-refractivity contribution in [1.82, 2.24) is 5.32 Å². The number of rotatable bonds is 6. The van der Waals surface area contributed by atoms with Crippen LogP contribution in [0.1, 0.15) is 29.6 Å². The summed E-state index contributed by atoms with van der Waals surface area (Å²) in [6, 6.07) is 6.30. The summed E-state index contributed by atoms with van der Waals surface area (Å²) >= 11 is 1.54. The van der Waals surface area contributed by atoms with E-state index in [1.54, 1.807) is 11.3 Å². The smallest absolute Gasteiger partial charge is 0.110 e. The van der Waals surface area contributed by atoms with Gasteiger partial charge in [-0.25, -0.2) is 0 Å². The van der Waals surface area contributed by atoms with E-state index in [4.69, 9.17) is 10.00 Å². The third kappa shape index (κ3) is 4.00. The minimum absolute atomic E-state index is 0.289. The van der Waals surface area contributed by atoms with Crippen LogP contribution in [0.3, 0.4) is 0 Å². The number of hydrogen-bond donors (Lipinski definition) is 1. The third-order valence-electron chi connectivity index (χ3n) is 2.06. The molecule has 3 nitrogen and oxygen atoms in total. The fourth-order valence-corrected chi connectivity index (χ4v) is 2.07. The Morgan fingerprint density at radius 1 is 1.60 bits per heavy atom. The van der Waals surface area contributed by atoms with Crippen molar-refractivity contribution < 1.29 is 4.74 Å². The number of ether oxygens (including phenoxy) is 1. The van der Waals surface area contributed by atoms with Crippen LogP contribution in [-0.2, 0) is 4.74 Å². The van der Waals surface area contributed by atoms with E-state index in [9.17, 15) is 0 Å². The van der Waals surface area contributed by atoms with Gasteiger partial charge in [-0.05, 0) is 26.0 Å². The SMILES string of the molecule is CCOCCNC(C)c1ccc(C#N)s1. The van der Waals surface area contributed by atoms with Crippen molar-refractivity contribution in [2.24, 2.45) is 0 Å². The Hall–Kier alpha value is -0.890. The summed E-state index contributed by atoms with van der Waals surface area (Å²) in [6.07, 6.45) is 0. The van der Waals surface area contributed by atoms with Gasteiger partial charge in [0.1, 0.15) is 10.9 Å². The molecule has 0 fully saturated rings.